The molecule has 1 fully saturated rings. The molecule has 1 aromatic rings. The molecule has 0 saturated carbocycles. The molecule has 1 amide bonds. The fourth-order valence-electron chi connectivity index (χ4n) is 2.17. The number of rotatable bonds is 3. The third kappa shape index (κ3) is 3.54. The summed E-state index contributed by atoms with van der Waals surface area (Å²) in [6.45, 7) is 0.864. The monoisotopic (exact) mass is 286 g/mol. The van der Waals surface area contributed by atoms with Crippen molar-refractivity contribution in [2.75, 3.05) is 19.3 Å². The third-order valence-corrected chi connectivity index (χ3v) is 4.43. The second kappa shape index (κ2) is 5.30. The van der Waals surface area contributed by atoms with Crippen LogP contribution in [0.25, 0.3) is 0 Å². The van der Waals surface area contributed by atoms with Crippen molar-refractivity contribution in [3.8, 4) is 0 Å². The predicted molar refractivity (Wildman–Crippen MR) is 70.1 cm³/mol. The number of nitrogens with zero attached hydrogens (tertiary/aromatic N) is 3. The maximum Gasteiger partial charge on any atom is 0.254 e. The Morgan fingerprint density at radius 2 is 2.26 bits per heavy atom. The molecule has 1 aromatic heterocycles. The molecule has 0 aliphatic carbocycles. The van der Waals surface area contributed by atoms with Gasteiger partial charge in [0.25, 0.3) is 5.91 Å². The Hall–Kier alpha value is -1.41. The highest BCUT2D eigenvalue weighted by atomic mass is 32.2. The molecule has 0 aromatic carbocycles. The van der Waals surface area contributed by atoms with E-state index in [9.17, 15) is 13.2 Å². The van der Waals surface area contributed by atoms with E-state index in [0.29, 0.717) is 18.7 Å². The second-order valence-corrected chi connectivity index (χ2v) is 6.82. The summed E-state index contributed by atoms with van der Waals surface area (Å²) < 4.78 is 25.9. The summed E-state index contributed by atoms with van der Waals surface area (Å²) >= 11 is 0. The van der Waals surface area contributed by atoms with Crippen molar-refractivity contribution in [3.05, 3.63) is 18.0 Å². The highest BCUT2D eigenvalue weighted by Crippen LogP contribution is 2.13. The summed E-state index contributed by atoms with van der Waals surface area (Å²) in [5.74, 6) is -0.214. The normalized spacial score (nSPS) is 21.3. The van der Waals surface area contributed by atoms with Gasteiger partial charge in [-0.25, -0.2) is 12.7 Å². The van der Waals surface area contributed by atoms with Crippen molar-refractivity contribution in [3.63, 3.8) is 0 Å². The van der Waals surface area contributed by atoms with Gasteiger partial charge < -0.3 is 5.32 Å². The highest BCUT2D eigenvalue weighted by Gasteiger charge is 2.27. The minimum Gasteiger partial charge on any atom is -0.348 e. The fourth-order valence-corrected chi connectivity index (χ4v) is 3.08. The van der Waals surface area contributed by atoms with Gasteiger partial charge in [-0.1, -0.05) is 0 Å². The van der Waals surface area contributed by atoms with Crippen molar-refractivity contribution in [1.82, 2.24) is 19.4 Å². The van der Waals surface area contributed by atoms with Crippen molar-refractivity contribution in [1.29, 1.82) is 0 Å². The lowest BCUT2D eigenvalue weighted by Gasteiger charge is -2.31. The van der Waals surface area contributed by atoms with Crippen LogP contribution in [-0.4, -0.2) is 53.8 Å². The van der Waals surface area contributed by atoms with Gasteiger partial charge in [0.15, 0.2) is 0 Å². The van der Waals surface area contributed by atoms with E-state index in [4.69, 9.17) is 0 Å². The Bertz CT molecular complexity index is 566. The molecule has 1 aliphatic rings. The van der Waals surface area contributed by atoms with Gasteiger partial charge in [-0.15, -0.1) is 0 Å². The number of carbonyl (C=O) groups excluding carboxylic acids is 1. The van der Waals surface area contributed by atoms with Gasteiger partial charge >= 0.3 is 0 Å². The van der Waals surface area contributed by atoms with Crippen LogP contribution in [0.2, 0.25) is 0 Å². The maximum atomic E-state index is 12.0. The standard InChI is InChI=1S/C11H18N4O3S/c1-14-7-9(6-12-14)11(16)13-10-4-3-5-15(8-10)19(2,17)18/h6-7,10H,3-5,8H2,1-2H3,(H,13,16). The molecule has 106 valence electrons. The van der Waals surface area contributed by atoms with Crippen LogP contribution in [0.1, 0.15) is 23.2 Å². The number of piperidine rings is 1. The van der Waals surface area contributed by atoms with E-state index in [1.807, 2.05) is 0 Å². The first-order valence-electron chi connectivity index (χ1n) is 6.11. The molecule has 1 atom stereocenters. The van der Waals surface area contributed by atoms with Crippen LogP contribution >= 0.6 is 0 Å². The Balaban J connectivity index is 1.98. The van der Waals surface area contributed by atoms with E-state index in [-0.39, 0.29) is 11.9 Å². The molecule has 1 saturated heterocycles. The van der Waals surface area contributed by atoms with E-state index in [2.05, 4.69) is 10.4 Å². The summed E-state index contributed by atoms with van der Waals surface area (Å²) in [5, 5.41) is 6.79. The van der Waals surface area contributed by atoms with Crippen LogP contribution in [0.4, 0.5) is 0 Å². The lowest BCUT2D eigenvalue weighted by atomic mass is 10.1. The van der Waals surface area contributed by atoms with E-state index in [1.54, 1.807) is 17.9 Å². The van der Waals surface area contributed by atoms with Crippen LogP contribution in [-0.2, 0) is 17.1 Å². The van der Waals surface area contributed by atoms with Gasteiger partial charge in [-0.05, 0) is 12.8 Å². The van der Waals surface area contributed by atoms with E-state index < -0.39 is 10.0 Å². The zero-order valence-electron chi connectivity index (χ0n) is 11.0. The van der Waals surface area contributed by atoms with Crippen LogP contribution < -0.4 is 5.32 Å². The molecule has 7 nitrogen and oxygen atoms in total. The van der Waals surface area contributed by atoms with Gasteiger partial charge in [0, 0.05) is 32.4 Å². The van der Waals surface area contributed by atoms with Crippen LogP contribution in [0.3, 0.4) is 0 Å². The smallest absolute Gasteiger partial charge is 0.254 e. The highest BCUT2D eigenvalue weighted by molar-refractivity contribution is 7.88. The van der Waals surface area contributed by atoms with Gasteiger partial charge in [0.1, 0.15) is 0 Å². The fraction of sp³-hybridized carbons (Fsp3) is 0.636. The van der Waals surface area contributed by atoms with Gasteiger partial charge in [0.2, 0.25) is 10.0 Å². The summed E-state index contributed by atoms with van der Waals surface area (Å²) in [7, 11) is -1.45. The van der Waals surface area contributed by atoms with Crippen molar-refractivity contribution < 1.29 is 13.2 Å². The van der Waals surface area contributed by atoms with Crippen LogP contribution in [0.15, 0.2) is 12.4 Å². The lowest BCUT2D eigenvalue weighted by molar-refractivity contribution is 0.0921. The molecular formula is C11H18N4O3S. The molecule has 1 aliphatic heterocycles. The molecule has 1 N–H and O–H groups in total. The Kier molecular flexibility index (Phi) is 3.91. The molecule has 0 bridgehead atoms. The summed E-state index contributed by atoms with van der Waals surface area (Å²) in [6, 6.07) is -0.142. The predicted octanol–water partition coefficient (Wildman–Crippen LogP) is -0.426. The maximum absolute atomic E-state index is 12.0. The largest absolute Gasteiger partial charge is 0.348 e. The van der Waals surface area contributed by atoms with E-state index in [0.717, 1.165) is 12.8 Å². The number of aryl methyl sites for hydroxylation is 1. The molecule has 2 heterocycles. The average Bonchev–Trinajstić information content (AvgIpc) is 2.75. The number of nitrogens with one attached hydrogen (secondary N) is 1. The van der Waals surface area contributed by atoms with Crippen LogP contribution in [0.5, 0.6) is 0 Å². The average molecular weight is 286 g/mol. The number of hydrogen-bond donors (Lipinski definition) is 1. The minimum atomic E-state index is -3.19. The van der Waals surface area contributed by atoms with Crippen molar-refractivity contribution >= 4 is 15.9 Å². The van der Waals surface area contributed by atoms with Crippen molar-refractivity contribution in [2.24, 2.45) is 7.05 Å². The SMILES string of the molecule is Cn1cc(C(=O)NC2CCCN(S(C)(=O)=O)C2)cn1. The topological polar surface area (TPSA) is 84.3 Å². The number of aromatic nitrogens is 2. The Morgan fingerprint density at radius 1 is 1.53 bits per heavy atom. The number of amides is 1. The quantitative estimate of drug-likeness (QED) is 0.817. The first kappa shape index (κ1) is 14.0. The minimum absolute atomic E-state index is 0.142. The first-order valence-corrected chi connectivity index (χ1v) is 7.96. The molecular weight excluding hydrogens is 268 g/mol. The number of sulfonamides is 1. The second-order valence-electron chi connectivity index (χ2n) is 4.84. The molecule has 1 unspecified atom stereocenters. The lowest BCUT2D eigenvalue weighted by Crippen LogP contribution is -2.49. The van der Waals surface area contributed by atoms with E-state index >= 15 is 0 Å². The Morgan fingerprint density at radius 3 is 2.84 bits per heavy atom. The third-order valence-electron chi connectivity index (χ3n) is 3.16. The molecule has 8 heteroatoms. The van der Waals surface area contributed by atoms with E-state index in [1.165, 1.54) is 16.8 Å². The van der Waals surface area contributed by atoms with Gasteiger partial charge in [0.05, 0.1) is 18.0 Å². The zero-order chi connectivity index (χ0) is 14.0. The zero-order valence-corrected chi connectivity index (χ0v) is 11.9. The number of hydrogen-bond acceptors (Lipinski definition) is 4. The Labute approximate surface area is 112 Å². The summed E-state index contributed by atoms with van der Waals surface area (Å²) in [5.41, 5.74) is 0.485. The first-order chi connectivity index (χ1) is 8.86. The molecule has 0 spiro atoms. The van der Waals surface area contributed by atoms with Crippen molar-refractivity contribution in [2.45, 2.75) is 18.9 Å². The number of carbonyl (C=O) groups is 1. The molecule has 19 heavy (non-hydrogen) atoms. The summed E-state index contributed by atoms with van der Waals surface area (Å²) in [6.07, 6.45) is 5.86. The van der Waals surface area contributed by atoms with Gasteiger partial charge in [-0.3, -0.25) is 9.48 Å². The molecule has 0 radical (unpaired) electrons. The summed E-state index contributed by atoms with van der Waals surface area (Å²) in [4.78, 5) is 12.0. The molecule has 2 rings (SSSR count). The van der Waals surface area contributed by atoms with Crippen LogP contribution in [0, 0.1) is 0 Å². The van der Waals surface area contributed by atoms with Gasteiger partial charge in [-0.2, -0.15) is 5.10 Å².